The van der Waals surface area contributed by atoms with Crippen LogP contribution < -0.4 is 9.44 Å². The van der Waals surface area contributed by atoms with Crippen LogP contribution in [0.5, 0.6) is 0 Å². The highest BCUT2D eigenvalue weighted by atomic mass is 79.9. The van der Waals surface area contributed by atoms with E-state index in [0.29, 0.717) is 11.0 Å². The zero-order chi connectivity index (χ0) is 12.9. The van der Waals surface area contributed by atoms with E-state index in [1.807, 2.05) is 6.92 Å². The Morgan fingerprint density at radius 1 is 1.47 bits per heavy atom. The maximum Gasteiger partial charge on any atom is 0.300 e. The van der Waals surface area contributed by atoms with Crippen LogP contribution in [-0.4, -0.2) is 24.9 Å². The number of anilines is 1. The number of hydrogen-bond donors (Lipinski definition) is 2. The summed E-state index contributed by atoms with van der Waals surface area (Å²) in [6.45, 7) is 2.35. The summed E-state index contributed by atoms with van der Waals surface area (Å²) < 4.78 is 28.1. The second-order valence-electron chi connectivity index (χ2n) is 3.18. The Kier molecular flexibility index (Phi) is 5.57. The fourth-order valence-corrected chi connectivity index (χ4v) is 2.43. The first kappa shape index (κ1) is 14.6. The minimum Gasteiger partial charge on any atom is -0.254 e. The van der Waals surface area contributed by atoms with Crippen LogP contribution in [-0.2, 0) is 10.2 Å². The summed E-state index contributed by atoms with van der Waals surface area (Å²) in [4.78, 5) is 7.48. The van der Waals surface area contributed by atoms with E-state index in [-0.39, 0.29) is 11.0 Å². The van der Waals surface area contributed by atoms with Crippen LogP contribution >= 0.6 is 27.5 Å². The van der Waals surface area contributed by atoms with Crippen LogP contribution in [0, 0.1) is 0 Å². The van der Waals surface area contributed by atoms with Crippen molar-refractivity contribution in [3.05, 3.63) is 16.0 Å². The van der Waals surface area contributed by atoms with Gasteiger partial charge in [-0.05, 0) is 22.4 Å². The van der Waals surface area contributed by atoms with E-state index in [1.54, 1.807) is 0 Å². The molecule has 1 heterocycles. The Morgan fingerprint density at radius 2 is 2.18 bits per heavy atom. The lowest BCUT2D eigenvalue weighted by Crippen LogP contribution is -2.31. The van der Waals surface area contributed by atoms with Crippen molar-refractivity contribution >= 4 is 43.6 Å². The topological polar surface area (TPSA) is 84.0 Å². The van der Waals surface area contributed by atoms with E-state index >= 15 is 0 Å². The lowest BCUT2D eigenvalue weighted by molar-refractivity contribution is 0.583. The molecule has 0 fully saturated rings. The van der Waals surface area contributed by atoms with Gasteiger partial charge in [0.1, 0.15) is 11.5 Å². The van der Waals surface area contributed by atoms with E-state index in [2.05, 4.69) is 35.3 Å². The highest BCUT2D eigenvalue weighted by Crippen LogP contribution is 2.26. The van der Waals surface area contributed by atoms with Gasteiger partial charge in [-0.15, -0.1) is 0 Å². The van der Waals surface area contributed by atoms with E-state index in [9.17, 15) is 8.42 Å². The Morgan fingerprint density at radius 3 is 2.82 bits per heavy atom. The first-order valence-corrected chi connectivity index (χ1v) is 7.55. The molecule has 0 saturated heterocycles. The van der Waals surface area contributed by atoms with Crippen LogP contribution in [0.2, 0.25) is 5.15 Å². The van der Waals surface area contributed by atoms with Crippen molar-refractivity contribution < 1.29 is 8.42 Å². The summed E-state index contributed by atoms with van der Waals surface area (Å²) in [5.41, 5.74) is 0. The summed E-state index contributed by atoms with van der Waals surface area (Å²) in [6.07, 6.45) is 2.86. The summed E-state index contributed by atoms with van der Waals surface area (Å²) in [7, 11) is -3.63. The molecule has 2 N–H and O–H groups in total. The van der Waals surface area contributed by atoms with E-state index in [0.717, 1.165) is 12.8 Å². The van der Waals surface area contributed by atoms with Crippen molar-refractivity contribution in [3.63, 3.8) is 0 Å². The van der Waals surface area contributed by atoms with Gasteiger partial charge in [-0.1, -0.05) is 24.9 Å². The molecule has 0 radical (unpaired) electrons. The second kappa shape index (κ2) is 6.48. The standard InChI is InChI=1S/C8H12BrClN4O2S/c1-2-3-4-13-17(15,16)14-8-6(9)7(10)11-5-12-8/h5,13H,2-4H2,1H3,(H,11,12,14). The van der Waals surface area contributed by atoms with Crippen LogP contribution in [0.1, 0.15) is 19.8 Å². The number of unbranched alkanes of at least 4 members (excludes halogenated alkanes) is 1. The van der Waals surface area contributed by atoms with Crippen LogP contribution in [0.3, 0.4) is 0 Å². The Balaban J connectivity index is 2.73. The van der Waals surface area contributed by atoms with Gasteiger partial charge in [-0.25, -0.2) is 9.97 Å². The van der Waals surface area contributed by atoms with Gasteiger partial charge >= 0.3 is 0 Å². The fourth-order valence-electron chi connectivity index (χ4n) is 0.966. The third-order valence-electron chi connectivity index (χ3n) is 1.80. The molecular formula is C8H12BrClN4O2S. The predicted octanol–water partition coefficient (Wildman–Crippen LogP) is 1.94. The van der Waals surface area contributed by atoms with Gasteiger partial charge < -0.3 is 0 Å². The van der Waals surface area contributed by atoms with Gasteiger partial charge in [-0.3, -0.25) is 4.72 Å². The lowest BCUT2D eigenvalue weighted by atomic mass is 10.3. The first-order chi connectivity index (χ1) is 7.96. The first-order valence-electron chi connectivity index (χ1n) is 4.89. The average Bonchev–Trinajstić information content (AvgIpc) is 2.25. The number of rotatable bonds is 6. The molecule has 0 spiro atoms. The SMILES string of the molecule is CCCCNS(=O)(=O)Nc1ncnc(Cl)c1Br. The third kappa shape index (κ3) is 4.74. The van der Waals surface area contributed by atoms with Crippen molar-refractivity contribution in [1.29, 1.82) is 0 Å². The van der Waals surface area contributed by atoms with Crippen LogP contribution in [0.25, 0.3) is 0 Å². The van der Waals surface area contributed by atoms with Gasteiger partial charge in [0.25, 0.3) is 10.2 Å². The third-order valence-corrected chi connectivity index (χ3v) is 4.11. The van der Waals surface area contributed by atoms with Gasteiger partial charge in [-0.2, -0.15) is 13.1 Å². The summed E-state index contributed by atoms with van der Waals surface area (Å²) in [5.74, 6) is 0.106. The second-order valence-corrected chi connectivity index (χ2v) is 5.83. The lowest BCUT2D eigenvalue weighted by Gasteiger charge is -2.09. The number of halogens is 2. The zero-order valence-electron chi connectivity index (χ0n) is 9.07. The van der Waals surface area contributed by atoms with Crippen molar-refractivity contribution in [2.24, 2.45) is 0 Å². The normalized spacial score (nSPS) is 11.5. The number of nitrogens with one attached hydrogen (secondary N) is 2. The minimum absolute atomic E-state index is 0.106. The molecule has 0 unspecified atom stereocenters. The molecule has 0 saturated carbocycles. The molecule has 1 aromatic heterocycles. The predicted molar refractivity (Wildman–Crippen MR) is 70.2 cm³/mol. The molecule has 0 aromatic carbocycles. The minimum atomic E-state index is -3.63. The molecule has 0 amide bonds. The van der Waals surface area contributed by atoms with Crippen molar-refractivity contribution in [2.75, 3.05) is 11.3 Å². The van der Waals surface area contributed by atoms with Crippen LogP contribution in [0.15, 0.2) is 10.8 Å². The molecular weight excluding hydrogens is 332 g/mol. The quantitative estimate of drug-likeness (QED) is 0.611. The Bertz CT molecular complexity index is 482. The smallest absolute Gasteiger partial charge is 0.254 e. The zero-order valence-corrected chi connectivity index (χ0v) is 12.2. The maximum atomic E-state index is 11.6. The van der Waals surface area contributed by atoms with E-state index in [1.165, 1.54) is 6.33 Å². The summed E-state index contributed by atoms with van der Waals surface area (Å²) in [5, 5.41) is 0.145. The highest BCUT2D eigenvalue weighted by molar-refractivity contribution is 9.10. The molecule has 0 aliphatic heterocycles. The van der Waals surface area contributed by atoms with Gasteiger partial charge in [0.2, 0.25) is 0 Å². The monoisotopic (exact) mass is 342 g/mol. The Hall–Kier alpha value is -0.440. The summed E-state index contributed by atoms with van der Waals surface area (Å²) >= 11 is 8.82. The molecule has 9 heteroatoms. The molecule has 0 aliphatic carbocycles. The molecule has 0 aliphatic rings. The summed E-state index contributed by atoms with van der Waals surface area (Å²) in [6, 6.07) is 0. The highest BCUT2D eigenvalue weighted by Gasteiger charge is 2.14. The number of nitrogens with zero attached hydrogens (tertiary/aromatic N) is 2. The van der Waals surface area contributed by atoms with Crippen molar-refractivity contribution in [2.45, 2.75) is 19.8 Å². The number of aromatic nitrogens is 2. The molecule has 17 heavy (non-hydrogen) atoms. The van der Waals surface area contributed by atoms with E-state index < -0.39 is 10.2 Å². The van der Waals surface area contributed by atoms with Crippen molar-refractivity contribution in [3.8, 4) is 0 Å². The fraction of sp³-hybridized carbons (Fsp3) is 0.500. The maximum absolute atomic E-state index is 11.6. The van der Waals surface area contributed by atoms with E-state index in [4.69, 9.17) is 11.6 Å². The number of hydrogen-bond acceptors (Lipinski definition) is 4. The van der Waals surface area contributed by atoms with Crippen molar-refractivity contribution in [1.82, 2.24) is 14.7 Å². The van der Waals surface area contributed by atoms with Crippen LogP contribution in [0.4, 0.5) is 5.82 Å². The largest absolute Gasteiger partial charge is 0.300 e. The molecule has 6 nitrogen and oxygen atoms in total. The van der Waals surface area contributed by atoms with Gasteiger partial charge in [0.15, 0.2) is 5.82 Å². The molecule has 1 aromatic rings. The molecule has 96 valence electrons. The van der Waals surface area contributed by atoms with Gasteiger partial charge in [0, 0.05) is 6.54 Å². The van der Waals surface area contributed by atoms with Gasteiger partial charge in [0.05, 0.1) is 4.47 Å². The molecule has 0 bridgehead atoms. The Labute approximate surface area is 113 Å². The molecule has 1 rings (SSSR count). The molecule has 0 atom stereocenters. The average molecular weight is 344 g/mol.